The SMILES string of the molecule is O=C(Cc1ccc(C(F)(F)F)cc1)NC1CCNC1. The van der Waals surface area contributed by atoms with Gasteiger partial charge < -0.3 is 10.6 Å². The molecular weight excluding hydrogens is 257 g/mol. The van der Waals surface area contributed by atoms with Gasteiger partial charge in [-0.15, -0.1) is 0 Å². The molecule has 1 fully saturated rings. The van der Waals surface area contributed by atoms with Crippen molar-refractivity contribution in [3.05, 3.63) is 35.4 Å². The molecule has 0 bridgehead atoms. The standard InChI is InChI=1S/C13H15F3N2O/c14-13(15,16)10-3-1-9(2-4-10)7-12(19)18-11-5-6-17-8-11/h1-4,11,17H,5-8H2,(H,18,19). The predicted octanol–water partition coefficient (Wildman–Crippen LogP) is 1.73. The zero-order valence-corrected chi connectivity index (χ0v) is 10.3. The number of hydrogen-bond donors (Lipinski definition) is 2. The Morgan fingerprint density at radius 2 is 2.00 bits per heavy atom. The van der Waals surface area contributed by atoms with E-state index in [1.807, 2.05) is 0 Å². The number of alkyl halides is 3. The number of rotatable bonds is 3. The fourth-order valence-electron chi connectivity index (χ4n) is 2.05. The summed E-state index contributed by atoms with van der Waals surface area (Å²) >= 11 is 0. The summed E-state index contributed by atoms with van der Waals surface area (Å²) in [6.07, 6.45) is -3.34. The molecule has 0 radical (unpaired) electrons. The van der Waals surface area contributed by atoms with Crippen LogP contribution in [0.5, 0.6) is 0 Å². The smallest absolute Gasteiger partial charge is 0.352 e. The van der Waals surface area contributed by atoms with Crippen LogP contribution in [0.4, 0.5) is 13.2 Å². The Hall–Kier alpha value is -1.56. The highest BCUT2D eigenvalue weighted by Gasteiger charge is 2.30. The number of benzene rings is 1. The lowest BCUT2D eigenvalue weighted by Crippen LogP contribution is -2.37. The maximum atomic E-state index is 12.4. The van der Waals surface area contributed by atoms with E-state index in [0.717, 1.165) is 31.6 Å². The van der Waals surface area contributed by atoms with Gasteiger partial charge in [-0.25, -0.2) is 0 Å². The van der Waals surface area contributed by atoms with Gasteiger partial charge >= 0.3 is 6.18 Å². The Kier molecular flexibility index (Phi) is 4.09. The van der Waals surface area contributed by atoms with Crippen molar-refractivity contribution in [1.82, 2.24) is 10.6 Å². The summed E-state index contributed by atoms with van der Waals surface area (Å²) in [5, 5.41) is 5.97. The zero-order valence-electron chi connectivity index (χ0n) is 10.3. The van der Waals surface area contributed by atoms with Crippen LogP contribution in [0.1, 0.15) is 17.5 Å². The second kappa shape index (κ2) is 5.61. The van der Waals surface area contributed by atoms with Crippen LogP contribution < -0.4 is 10.6 Å². The minimum absolute atomic E-state index is 0.106. The van der Waals surface area contributed by atoms with Crippen LogP contribution in [0.25, 0.3) is 0 Å². The van der Waals surface area contributed by atoms with Crippen LogP contribution in [-0.2, 0) is 17.4 Å². The van der Waals surface area contributed by atoms with E-state index in [4.69, 9.17) is 0 Å². The van der Waals surface area contributed by atoms with E-state index in [1.54, 1.807) is 0 Å². The van der Waals surface area contributed by atoms with Crippen LogP contribution in [0.15, 0.2) is 24.3 Å². The highest BCUT2D eigenvalue weighted by Crippen LogP contribution is 2.29. The summed E-state index contributed by atoms with van der Waals surface area (Å²) in [4.78, 5) is 11.7. The molecule has 1 aliphatic rings. The lowest BCUT2D eigenvalue weighted by atomic mass is 10.1. The maximum Gasteiger partial charge on any atom is 0.416 e. The Bertz CT molecular complexity index is 436. The largest absolute Gasteiger partial charge is 0.416 e. The Morgan fingerprint density at radius 1 is 1.32 bits per heavy atom. The van der Waals surface area contributed by atoms with Gasteiger partial charge in [0.05, 0.1) is 12.0 Å². The number of halogens is 3. The molecule has 6 heteroatoms. The normalized spacial score (nSPS) is 19.4. The highest BCUT2D eigenvalue weighted by atomic mass is 19.4. The summed E-state index contributed by atoms with van der Waals surface area (Å²) in [5.74, 6) is -0.159. The molecule has 1 atom stereocenters. The topological polar surface area (TPSA) is 41.1 Å². The molecule has 104 valence electrons. The van der Waals surface area contributed by atoms with Crippen molar-refractivity contribution in [3.63, 3.8) is 0 Å². The van der Waals surface area contributed by atoms with E-state index in [9.17, 15) is 18.0 Å². The third kappa shape index (κ3) is 3.96. The predicted molar refractivity (Wildman–Crippen MR) is 64.6 cm³/mol. The fourth-order valence-corrected chi connectivity index (χ4v) is 2.05. The van der Waals surface area contributed by atoms with Gasteiger partial charge in [-0.3, -0.25) is 4.79 Å². The number of carbonyl (C=O) groups excluding carboxylic acids is 1. The first-order chi connectivity index (χ1) is 8.95. The van der Waals surface area contributed by atoms with Crippen molar-refractivity contribution in [2.75, 3.05) is 13.1 Å². The van der Waals surface area contributed by atoms with Crippen LogP contribution in [0, 0.1) is 0 Å². The third-order valence-corrected chi connectivity index (χ3v) is 3.07. The van der Waals surface area contributed by atoms with Crippen molar-refractivity contribution < 1.29 is 18.0 Å². The molecule has 1 aliphatic heterocycles. The monoisotopic (exact) mass is 272 g/mol. The third-order valence-electron chi connectivity index (χ3n) is 3.07. The van der Waals surface area contributed by atoms with E-state index < -0.39 is 11.7 Å². The van der Waals surface area contributed by atoms with E-state index in [-0.39, 0.29) is 18.4 Å². The quantitative estimate of drug-likeness (QED) is 0.879. The molecule has 0 aromatic heterocycles. The van der Waals surface area contributed by atoms with Crippen LogP contribution in [0.2, 0.25) is 0 Å². The second-order valence-corrected chi connectivity index (χ2v) is 4.63. The van der Waals surface area contributed by atoms with E-state index in [1.165, 1.54) is 12.1 Å². The van der Waals surface area contributed by atoms with E-state index >= 15 is 0 Å². The van der Waals surface area contributed by atoms with Crippen molar-refractivity contribution in [2.45, 2.75) is 25.1 Å². The molecule has 1 heterocycles. The first-order valence-corrected chi connectivity index (χ1v) is 6.11. The number of carbonyl (C=O) groups is 1. The van der Waals surface area contributed by atoms with Gasteiger partial charge in [0.2, 0.25) is 5.91 Å². The molecule has 2 N–H and O–H groups in total. The van der Waals surface area contributed by atoms with Gasteiger partial charge in [-0.05, 0) is 30.7 Å². The van der Waals surface area contributed by atoms with E-state index in [2.05, 4.69) is 10.6 Å². The molecule has 2 rings (SSSR count). The van der Waals surface area contributed by atoms with Gasteiger partial charge in [-0.2, -0.15) is 13.2 Å². The molecule has 1 saturated heterocycles. The molecule has 1 amide bonds. The Morgan fingerprint density at radius 3 is 2.53 bits per heavy atom. The lowest BCUT2D eigenvalue weighted by Gasteiger charge is -2.11. The summed E-state index contributed by atoms with van der Waals surface area (Å²) in [7, 11) is 0. The summed E-state index contributed by atoms with van der Waals surface area (Å²) in [6, 6.07) is 4.81. The summed E-state index contributed by atoms with van der Waals surface area (Å²) < 4.78 is 37.1. The number of nitrogens with one attached hydrogen (secondary N) is 2. The zero-order chi connectivity index (χ0) is 13.9. The molecule has 0 aliphatic carbocycles. The molecule has 1 aromatic rings. The first kappa shape index (κ1) is 13.9. The lowest BCUT2D eigenvalue weighted by molar-refractivity contribution is -0.137. The second-order valence-electron chi connectivity index (χ2n) is 4.63. The molecule has 19 heavy (non-hydrogen) atoms. The first-order valence-electron chi connectivity index (χ1n) is 6.11. The van der Waals surface area contributed by atoms with Gasteiger partial charge in [0, 0.05) is 12.6 Å². The van der Waals surface area contributed by atoms with E-state index in [0.29, 0.717) is 5.56 Å². The average molecular weight is 272 g/mol. The molecule has 0 spiro atoms. The van der Waals surface area contributed by atoms with Crippen molar-refractivity contribution >= 4 is 5.91 Å². The fraction of sp³-hybridized carbons (Fsp3) is 0.462. The summed E-state index contributed by atoms with van der Waals surface area (Å²) in [5.41, 5.74) is -0.117. The minimum Gasteiger partial charge on any atom is -0.352 e. The molecule has 0 saturated carbocycles. The van der Waals surface area contributed by atoms with Crippen LogP contribution in [0.3, 0.4) is 0 Å². The number of amides is 1. The summed E-state index contributed by atoms with van der Waals surface area (Å²) in [6.45, 7) is 1.63. The molecule has 1 unspecified atom stereocenters. The van der Waals surface area contributed by atoms with Crippen molar-refractivity contribution in [2.24, 2.45) is 0 Å². The molecular formula is C13H15F3N2O. The highest BCUT2D eigenvalue weighted by molar-refractivity contribution is 5.78. The Balaban J connectivity index is 1.90. The molecule has 3 nitrogen and oxygen atoms in total. The maximum absolute atomic E-state index is 12.4. The van der Waals surface area contributed by atoms with Gasteiger partial charge in [0.1, 0.15) is 0 Å². The van der Waals surface area contributed by atoms with Crippen molar-refractivity contribution in [3.8, 4) is 0 Å². The van der Waals surface area contributed by atoms with Crippen LogP contribution in [-0.4, -0.2) is 25.0 Å². The minimum atomic E-state index is -4.34. The van der Waals surface area contributed by atoms with Gasteiger partial charge in [0.25, 0.3) is 0 Å². The van der Waals surface area contributed by atoms with Crippen LogP contribution >= 0.6 is 0 Å². The van der Waals surface area contributed by atoms with Crippen molar-refractivity contribution in [1.29, 1.82) is 0 Å². The average Bonchev–Trinajstić information content (AvgIpc) is 2.81. The Labute approximate surface area is 109 Å². The van der Waals surface area contributed by atoms with Gasteiger partial charge in [0.15, 0.2) is 0 Å². The number of hydrogen-bond acceptors (Lipinski definition) is 2. The molecule has 1 aromatic carbocycles. The van der Waals surface area contributed by atoms with Gasteiger partial charge in [-0.1, -0.05) is 12.1 Å².